The molecule has 4 atom stereocenters. The Morgan fingerprint density at radius 2 is 2.25 bits per heavy atom. The van der Waals surface area contributed by atoms with Gasteiger partial charge in [0.15, 0.2) is 5.79 Å². The van der Waals surface area contributed by atoms with Crippen molar-refractivity contribution in [2.75, 3.05) is 6.61 Å². The zero-order valence-corrected chi connectivity index (χ0v) is 9.89. The Morgan fingerprint density at radius 3 is 2.81 bits per heavy atom. The molecule has 0 spiro atoms. The molecule has 16 heavy (non-hydrogen) atoms. The monoisotopic (exact) mass is 228 g/mol. The van der Waals surface area contributed by atoms with Gasteiger partial charge in [-0.05, 0) is 20.3 Å². The summed E-state index contributed by atoms with van der Waals surface area (Å²) in [6.45, 7) is 7.90. The van der Waals surface area contributed by atoms with Crippen LogP contribution in [-0.2, 0) is 14.2 Å². The Labute approximate surface area is 96.2 Å². The Bertz CT molecular complexity index is 264. The van der Waals surface area contributed by atoms with Crippen molar-refractivity contribution in [3.8, 4) is 0 Å². The van der Waals surface area contributed by atoms with E-state index in [1.54, 1.807) is 0 Å². The maximum absolute atomic E-state index is 9.92. The first-order valence-corrected chi connectivity index (χ1v) is 5.78. The van der Waals surface area contributed by atoms with Gasteiger partial charge in [0.1, 0.15) is 12.2 Å². The predicted molar refractivity (Wildman–Crippen MR) is 59.0 cm³/mol. The van der Waals surface area contributed by atoms with E-state index in [1.165, 1.54) is 0 Å². The van der Waals surface area contributed by atoms with Crippen molar-refractivity contribution in [1.82, 2.24) is 0 Å². The van der Waals surface area contributed by atoms with Gasteiger partial charge in [-0.3, -0.25) is 0 Å². The second-order valence-corrected chi connectivity index (χ2v) is 4.92. The zero-order valence-electron chi connectivity index (χ0n) is 9.89. The topological polar surface area (TPSA) is 47.9 Å². The van der Waals surface area contributed by atoms with Crippen LogP contribution in [-0.4, -0.2) is 41.9 Å². The van der Waals surface area contributed by atoms with Gasteiger partial charge in [-0.15, -0.1) is 6.58 Å². The fourth-order valence-corrected chi connectivity index (χ4v) is 2.32. The van der Waals surface area contributed by atoms with Gasteiger partial charge in [0.2, 0.25) is 0 Å². The van der Waals surface area contributed by atoms with Crippen LogP contribution >= 0.6 is 0 Å². The molecule has 0 saturated carbocycles. The highest BCUT2D eigenvalue weighted by molar-refractivity contribution is 4.92. The summed E-state index contributed by atoms with van der Waals surface area (Å²) in [5.41, 5.74) is 0. The minimum Gasteiger partial charge on any atom is -0.390 e. The third kappa shape index (κ3) is 2.46. The minimum absolute atomic E-state index is 0.0600. The van der Waals surface area contributed by atoms with Crippen LogP contribution in [0.3, 0.4) is 0 Å². The van der Waals surface area contributed by atoms with E-state index in [2.05, 4.69) is 6.58 Å². The fraction of sp³-hybridized carbons (Fsp3) is 0.833. The minimum atomic E-state index is -0.565. The third-order valence-electron chi connectivity index (χ3n) is 3.06. The summed E-state index contributed by atoms with van der Waals surface area (Å²) in [7, 11) is 0. The highest BCUT2D eigenvalue weighted by atomic mass is 16.8. The average molecular weight is 228 g/mol. The Kier molecular flexibility index (Phi) is 3.35. The van der Waals surface area contributed by atoms with Crippen LogP contribution in [0.15, 0.2) is 12.7 Å². The quantitative estimate of drug-likeness (QED) is 0.738. The van der Waals surface area contributed by atoms with Crippen molar-refractivity contribution < 1.29 is 19.3 Å². The molecule has 2 saturated heterocycles. The number of rotatable bonds is 3. The second kappa shape index (κ2) is 4.45. The van der Waals surface area contributed by atoms with Gasteiger partial charge in [0, 0.05) is 6.42 Å². The lowest BCUT2D eigenvalue weighted by Crippen LogP contribution is -2.37. The van der Waals surface area contributed by atoms with E-state index in [0.29, 0.717) is 13.0 Å². The smallest absolute Gasteiger partial charge is 0.163 e. The molecule has 1 N–H and O–H groups in total. The normalized spacial score (nSPS) is 42.4. The van der Waals surface area contributed by atoms with Crippen molar-refractivity contribution in [3.05, 3.63) is 12.7 Å². The van der Waals surface area contributed by atoms with E-state index in [1.807, 2.05) is 19.9 Å². The van der Waals surface area contributed by atoms with Gasteiger partial charge in [0.05, 0.1) is 18.8 Å². The van der Waals surface area contributed by atoms with E-state index in [9.17, 15) is 5.11 Å². The lowest BCUT2D eigenvalue weighted by Gasteiger charge is -2.22. The summed E-state index contributed by atoms with van der Waals surface area (Å²) in [4.78, 5) is 0. The van der Waals surface area contributed by atoms with Gasteiger partial charge < -0.3 is 19.3 Å². The molecule has 2 rings (SSSR count). The molecular weight excluding hydrogens is 208 g/mol. The standard InChI is InChI=1S/C12H20O4/c1-4-5-8-6-9(13)11(15-8)10-7-14-12(2,3)16-10/h4,8-11,13H,1,5-7H2,2-3H3. The fourth-order valence-electron chi connectivity index (χ4n) is 2.32. The van der Waals surface area contributed by atoms with E-state index >= 15 is 0 Å². The van der Waals surface area contributed by atoms with Gasteiger partial charge in [0.25, 0.3) is 0 Å². The second-order valence-electron chi connectivity index (χ2n) is 4.92. The molecule has 2 aliphatic heterocycles. The predicted octanol–water partition coefficient (Wildman–Crippen LogP) is 1.23. The molecule has 0 bridgehead atoms. The maximum Gasteiger partial charge on any atom is 0.163 e. The highest BCUT2D eigenvalue weighted by Gasteiger charge is 2.45. The summed E-state index contributed by atoms with van der Waals surface area (Å²) < 4.78 is 16.9. The molecule has 2 fully saturated rings. The first kappa shape index (κ1) is 12.0. The summed E-state index contributed by atoms with van der Waals surface area (Å²) >= 11 is 0. The molecule has 0 aromatic heterocycles. The molecule has 4 nitrogen and oxygen atoms in total. The molecule has 0 aromatic rings. The number of hydrogen-bond donors (Lipinski definition) is 1. The average Bonchev–Trinajstić information content (AvgIpc) is 2.70. The molecule has 4 heteroatoms. The van der Waals surface area contributed by atoms with Crippen LogP contribution in [0.2, 0.25) is 0 Å². The Morgan fingerprint density at radius 1 is 1.50 bits per heavy atom. The van der Waals surface area contributed by atoms with E-state index in [4.69, 9.17) is 14.2 Å². The summed E-state index contributed by atoms with van der Waals surface area (Å²) in [6, 6.07) is 0. The summed E-state index contributed by atoms with van der Waals surface area (Å²) in [5, 5.41) is 9.92. The highest BCUT2D eigenvalue weighted by Crippen LogP contribution is 2.32. The van der Waals surface area contributed by atoms with Crippen molar-refractivity contribution in [1.29, 1.82) is 0 Å². The first-order chi connectivity index (χ1) is 7.52. The van der Waals surface area contributed by atoms with Crippen LogP contribution in [0.1, 0.15) is 26.7 Å². The lowest BCUT2D eigenvalue weighted by atomic mass is 10.1. The first-order valence-electron chi connectivity index (χ1n) is 5.78. The zero-order chi connectivity index (χ0) is 11.8. The molecule has 4 unspecified atom stereocenters. The number of aliphatic hydroxyl groups is 1. The van der Waals surface area contributed by atoms with Crippen molar-refractivity contribution in [2.45, 2.75) is 56.9 Å². The van der Waals surface area contributed by atoms with E-state index in [-0.39, 0.29) is 18.3 Å². The van der Waals surface area contributed by atoms with E-state index < -0.39 is 11.9 Å². The number of ether oxygens (including phenoxy) is 3. The van der Waals surface area contributed by atoms with Gasteiger partial charge in [-0.25, -0.2) is 0 Å². The molecule has 0 aliphatic carbocycles. The molecular formula is C12H20O4. The number of hydrogen-bond acceptors (Lipinski definition) is 4. The summed E-state index contributed by atoms with van der Waals surface area (Å²) in [5.74, 6) is -0.565. The molecule has 2 aliphatic rings. The SMILES string of the molecule is C=CCC1CC(O)C(C2COC(C)(C)O2)O1. The number of aliphatic hydroxyl groups excluding tert-OH is 1. The van der Waals surface area contributed by atoms with Crippen LogP contribution in [0.25, 0.3) is 0 Å². The van der Waals surface area contributed by atoms with Crippen LogP contribution in [0, 0.1) is 0 Å². The van der Waals surface area contributed by atoms with Gasteiger partial charge >= 0.3 is 0 Å². The van der Waals surface area contributed by atoms with Crippen molar-refractivity contribution in [2.24, 2.45) is 0 Å². The van der Waals surface area contributed by atoms with Gasteiger partial charge in [-0.1, -0.05) is 6.08 Å². The Hall–Kier alpha value is -0.420. The van der Waals surface area contributed by atoms with Crippen LogP contribution < -0.4 is 0 Å². The molecule has 0 amide bonds. The largest absolute Gasteiger partial charge is 0.390 e. The lowest BCUT2D eigenvalue weighted by molar-refractivity contribution is -0.161. The molecule has 0 aromatic carbocycles. The van der Waals surface area contributed by atoms with Crippen LogP contribution in [0.4, 0.5) is 0 Å². The van der Waals surface area contributed by atoms with Crippen LogP contribution in [0.5, 0.6) is 0 Å². The Balaban J connectivity index is 1.93. The van der Waals surface area contributed by atoms with Gasteiger partial charge in [-0.2, -0.15) is 0 Å². The van der Waals surface area contributed by atoms with E-state index in [0.717, 1.165) is 6.42 Å². The molecule has 0 radical (unpaired) electrons. The molecule has 92 valence electrons. The maximum atomic E-state index is 9.92. The third-order valence-corrected chi connectivity index (χ3v) is 3.06. The van der Waals surface area contributed by atoms with Crippen molar-refractivity contribution >= 4 is 0 Å². The molecule has 2 heterocycles. The van der Waals surface area contributed by atoms with Crippen molar-refractivity contribution in [3.63, 3.8) is 0 Å². The summed E-state index contributed by atoms with van der Waals surface area (Å²) in [6.07, 6.45) is 2.39.